The van der Waals surface area contributed by atoms with Crippen molar-refractivity contribution in [1.82, 2.24) is 20.2 Å². The number of thioether (sulfide) groups is 1. The summed E-state index contributed by atoms with van der Waals surface area (Å²) in [6.45, 7) is 5.08. The smallest absolute Gasteiger partial charge is 0.315 e. The van der Waals surface area contributed by atoms with E-state index in [2.05, 4.69) is 22.5 Å². The third kappa shape index (κ3) is 6.47. The molecule has 8 nitrogen and oxygen atoms in total. The Morgan fingerprint density at radius 2 is 1.75 bits per heavy atom. The highest BCUT2D eigenvalue weighted by Gasteiger charge is 2.38. The Bertz CT molecular complexity index is 1120. The quantitative estimate of drug-likeness (QED) is 0.371. The number of aryl methyl sites for hydroxylation is 1. The van der Waals surface area contributed by atoms with E-state index < -0.39 is 6.29 Å². The van der Waals surface area contributed by atoms with Crippen LogP contribution in [-0.2, 0) is 29.7 Å². The number of rotatable bonds is 9. The second kappa shape index (κ2) is 12.4. The van der Waals surface area contributed by atoms with Crippen LogP contribution in [0.2, 0.25) is 0 Å². The molecule has 0 aliphatic carbocycles. The summed E-state index contributed by atoms with van der Waals surface area (Å²) in [5.74, 6) is 0.848. The number of urea groups is 1. The molecule has 9 heteroatoms. The summed E-state index contributed by atoms with van der Waals surface area (Å²) >= 11 is 1.67. The lowest BCUT2D eigenvalue weighted by Gasteiger charge is -2.41. The molecule has 0 bridgehead atoms. The number of ether oxygens (including phenoxy) is 2. The van der Waals surface area contributed by atoms with Gasteiger partial charge in [-0.3, -0.25) is 0 Å². The molecular formula is C27H34N4O4S. The average Bonchev–Trinajstić information content (AvgIpc) is 3.32. The van der Waals surface area contributed by atoms with Gasteiger partial charge >= 0.3 is 6.03 Å². The highest BCUT2D eigenvalue weighted by molar-refractivity contribution is 7.99. The maximum Gasteiger partial charge on any atom is 0.315 e. The van der Waals surface area contributed by atoms with E-state index in [0.717, 1.165) is 33.2 Å². The fourth-order valence-corrected chi connectivity index (χ4v) is 5.25. The highest BCUT2D eigenvalue weighted by atomic mass is 32.2. The zero-order valence-corrected chi connectivity index (χ0v) is 21.7. The van der Waals surface area contributed by atoms with Gasteiger partial charge in [0.2, 0.25) is 0 Å². The summed E-state index contributed by atoms with van der Waals surface area (Å²) in [6, 6.07) is 15.7. The third-order valence-electron chi connectivity index (χ3n) is 6.32. The Kier molecular flexibility index (Phi) is 9.03. The van der Waals surface area contributed by atoms with Crippen LogP contribution in [0.5, 0.6) is 0 Å². The number of hydrogen-bond donors (Lipinski definition) is 3. The first-order valence-corrected chi connectivity index (χ1v) is 13.2. The number of carbonyl (C=O) groups excluding carboxylic acids is 1. The molecule has 3 N–H and O–H groups in total. The number of aliphatic hydroxyl groups is 1. The molecule has 0 saturated carbocycles. The largest absolute Gasteiger partial charge is 0.392 e. The van der Waals surface area contributed by atoms with Gasteiger partial charge in [0.1, 0.15) is 0 Å². The molecule has 36 heavy (non-hydrogen) atoms. The number of amides is 2. The zero-order valence-electron chi connectivity index (χ0n) is 20.9. The van der Waals surface area contributed by atoms with Crippen molar-refractivity contribution in [3.05, 3.63) is 83.2 Å². The molecule has 4 unspecified atom stereocenters. The molecule has 1 saturated heterocycles. The molecule has 1 fully saturated rings. The van der Waals surface area contributed by atoms with Gasteiger partial charge in [-0.1, -0.05) is 67.2 Å². The fourth-order valence-electron chi connectivity index (χ4n) is 4.16. The van der Waals surface area contributed by atoms with Gasteiger partial charge in [0, 0.05) is 49.8 Å². The summed E-state index contributed by atoms with van der Waals surface area (Å²) in [4.78, 5) is 16.1. The van der Waals surface area contributed by atoms with E-state index >= 15 is 0 Å². The number of carbonyl (C=O) groups is 1. The van der Waals surface area contributed by atoms with Crippen LogP contribution >= 0.6 is 11.8 Å². The van der Waals surface area contributed by atoms with Gasteiger partial charge in [0.05, 0.1) is 18.8 Å². The molecule has 2 aromatic carbocycles. The number of aliphatic hydroxyl groups excluding tert-OH is 1. The van der Waals surface area contributed by atoms with Crippen LogP contribution in [0.1, 0.15) is 48.5 Å². The highest BCUT2D eigenvalue weighted by Crippen LogP contribution is 2.42. The van der Waals surface area contributed by atoms with E-state index in [-0.39, 0.29) is 30.8 Å². The molecule has 192 valence electrons. The summed E-state index contributed by atoms with van der Waals surface area (Å²) in [5, 5.41) is 16.0. The van der Waals surface area contributed by atoms with Crippen molar-refractivity contribution in [2.24, 2.45) is 13.0 Å². The standard InChI is InChI=1S/C27H34N4O4S/c1-4-28-26(33)30-15-19-5-11-22(12-6-19)25-34-23(17-36-27-29-13-14-31(27)3)18(2)24(35-25)21-9-7-20(16-32)8-10-21/h5-14,18,23-25,32H,4,15-17H2,1-3H3,(H2,28,30,33). The summed E-state index contributed by atoms with van der Waals surface area (Å²) in [6.07, 6.45) is 2.98. The van der Waals surface area contributed by atoms with Gasteiger partial charge in [0.25, 0.3) is 0 Å². The van der Waals surface area contributed by atoms with Crippen molar-refractivity contribution >= 4 is 17.8 Å². The van der Waals surface area contributed by atoms with Crippen LogP contribution in [0.15, 0.2) is 66.1 Å². The van der Waals surface area contributed by atoms with Crippen LogP contribution in [0.25, 0.3) is 0 Å². The van der Waals surface area contributed by atoms with Crippen LogP contribution in [0, 0.1) is 5.92 Å². The third-order valence-corrected chi connectivity index (χ3v) is 7.47. The van der Waals surface area contributed by atoms with Gasteiger partial charge in [-0.05, 0) is 23.6 Å². The van der Waals surface area contributed by atoms with Gasteiger partial charge in [-0.15, -0.1) is 0 Å². The minimum absolute atomic E-state index is 0.0112. The minimum Gasteiger partial charge on any atom is -0.392 e. The second-order valence-electron chi connectivity index (χ2n) is 8.91. The normalized spacial score (nSPS) is 21.8. The van der Waals surface area contributed by atoms with E-state index in [1.54, 1.807) is 18.0 Å². The molecule has 2 heterocycles. The Morgan fingerprint density at radius 1 is 1.06 bits per heavy atom. The van der Waals surface area contributed by atoms with Gasteiger partial charge in [-0.2, -0.15) is 0 Å². The molecule has 2 amide bonds. The summed E-state index contributed by atoms with van der Waals surface area (Å²) in [5.41, 5.74) is 3.84. The monoisotopic (exact) mass is 510 g/mol. The second-order valence-corrected chi connectivity index (χ2v) is 9.90. The number of nitrogens with zero attached hydrogens (tertiary/aromatic N) is 2. The molecular weight excluding hydrogens is 476 g/mol. The first kappa shape index (κ1) is 26.2. The van der Waals surface area contributed by atoms with Crippen molar-refractivity contribution in [3.8, 4) is 0 Å². The van der Waals surface area contributed by atoms with Gasteiger partial charge < -0.3 is 29.8 Å². The van der Waals surface area contributed by atoms with Gasteiger partial charge in [0.15, 0.2) is 11.4 Å². The van der Waals surface area contributed by atoms with E-state index in [0.29, 0.717) is 13.1 Å². The fraction of sp³-hybridized carbons (Fsp3) is 0.407. The lowest BCUT2D eigenvalue weighted by molar-refractivity contribution is -0.268. The van der Waals surface area contributed by atoms with Gasteiger partial charge in [-0.25, -0.2) is 9.78 Å². The predicted molar refractivity (Wildman–Crippen MR) is 139 cm³/mol. The van der Waals surface area contributed by atoms with E-state index in [4.69, 9.17) is 9.47 Å². The van der Waals surface area contributed by atoms with Crippen LogP contribution in [0.4, 0.5) is 4.79 Å². The molecule has 4 atom stereocenters. The lowest BCUT2D eigenvalue weighted by atomic mass is 9.91. The van der Waals surface area contributed by atoms with Crippen LogP contribution in [-0.4, -0.2) is 39.1 Å². The molecule has 1 aromatic heterocycles. The molecule has 0 spiro atoms. The van der Waals surface area contributed by atoms with E-state index in [9.17, 15) is 9.90 Å². The van der Waals surface area contributed by atoms with Crippen molar-refractivity contribution in [3.63, 3.8) is 0 Å². The summed E-state index contributed by atoms with van der Waals surface area (Å²) < 4.78 is 15.0. The number of aromatic nitrogens is 2. The van der Waals surface area contributed by atoms with E-state index in [1.165, 1.54) is 0 Å². The van der Waals surface area contributed by atoms with Crippen molar-refractivity contribution in [2.45, 2.75) is 50.7 Å². The lowest BCUT2D eigenvalue weighted by Crippen LogP contribution is -2.38. The number of imidazole rings is 1. The Balaban J connectivity index is 1.51. The maximum absolute atomic E-state index is 11.7. The SMILES string of the molecule is CCNC(=O)NCc1ccc(C2OC(CSc3nccn3C)C(C)C(c3ccc(CO)cc3)O2)cc1. The van der Waals surface area contributed by atoms with Crippen molar-refractivity contribution < 1.29 is 19.4 Å². The average molecular weight is 511 g/mol. The van der Waals surface area contributed by atoms with Crippen LogP contribution < -0.4 is 10.6 Å². The number of nitrogens with one attached hydrogen (secondary N) is 2. The number of benzene rings is 2. The molecule has 0 radical (unpaired) electrons. The molecule has 1 aliphatic heterocycles. The first-order valence-electron chi connectivity index (χ1n) is 12.2. The first-order chi connectivity index (χ1) is 17.5. The maximum atomic E-state index is 11.7. The minimum atomic E-state index is -0.527. The topological polar surface area (TPSA) is 97.6 Å². The van der Waals surface area contributed by atoms with E-state index in [1.807, 2.05) is 73.3 Å². The Labute approximate surface area is 216 Å². The molecule has 1 aliphatic rings. The Morgan fingerprint density at radius 3 is 2.39 bits per heavy atom. The molecule has 3 aromatic rings. The zero-order chi connectivity index (χ0) is 25.5. The van der Waals surface area contributed by atoms with Crippen molar-refractivity contribution in [1.29, 1.82) is 0 Å². The van der Waals surface area contributed by atoms with Crippen molar-refractivity contribution in [2.75, 3.05) is 12.3 Å². The number of hydrogen-bond acceptors (Lipinski definition) is 6. The summed E-state index contributed by atoms with van der Waals surface area (Å²) in [7, 11) is 1.99. The Hall–Kier alpha value is -2.85. The molecule has 4 rings (SSSR count). The van der Waals surface area contributed by atoms with Crippen LogP contribution in [0.3, 0.4) is 0 Å². The predicted octanol–water partition coefficient (Wildman–Crippen LogP) is 4.32.